The zero-order valence-electron chi connectivity index (χ0n) is 11.4. The van der Waals surface area contributed by atoms with Gasteiger partial charge in [-0.3, -0.25) is 14.8 Å². The first-order valence-electron chi connectivity index (χ1n) is 6.15. The highest BCUT2D eigenvalue weighted by Crippen LogP contribution is 2.34. The van der Waals surface area contributed by atoms with Gasteiger partial charge in [0.2, 0.25) is 0 Å². The fourth-order valence-electron chi connectivity index (χ4n) is 1.99. The third-order valence-corrected chi connectivity index (χ3v) is 3.02. The van der Waals surface area contributed by atoms with Crippen molar-refractivity contribution in [2.45, 2.75) is 6.42 Å². The maximum atomic E-state index is 11.1. The maximum Gasteiger partial charge on any atom is 0.333 e. The third kappa shape index (κ3) is 2.87. The molecule has 2 aromatic rings. The standard InChI is InChI=1S/C13H16N4O3/c1-16-10(7-9-15-16)6-8-14-11-4-3-5-12(20-2)13(11)17(18)19/h3-5,7,9,14H,6,8H2,1-2H3. The van der Waals surface area contributed by atoms with Gasteiger partial charge in [0.25, 0.3) is 0 Å². The van der Waals surface area contributed by atoms with Crippen LogP contribution in [0, 0.1) is 10.1 Å². The Morgan fingerprint density at radius 2 is 2.25 bits per heavy atom. The molecule has 0 atom stereocenters. The number of nitrogens with zero attached hydrogens (tertiary/aromatic N) is 3. The van der Waals surface area contributed by atoms with Gasteiger partial charge >= 0.3 is 5.69 Å². The van der Waals surface area contributed by atoms with Crippen LogP contribution in [0.25, 0.3) is 0 Å². The van der Waals surface area contributed by atoms with Crippen molar-refractivity contribution < 1.29 is 9.66 Å². The second-order valence-corrected chi connectivity index (χ2v) is 4.24. The highest BCUT2D eigenvalue weighted by molar-refractivity contribution is 5.68. The van der Waals surface area contributed by atoms with E-state index in [1.165, 1.54) is 7.11 Å². The molecule has 0 fully saturated rings. The van der Waals surface area contributed by atoms with Gasteiger partial charge in [-0.2, -0.15) is 5.10 Å². The van der Waals surface area contributed by atoms with Crippen molar-refractivity contribution in [3.8, 4) is 5.75 Å². The monoisotopic (exact) mass is 276 g/mol. The number of nitrogens with one attached hydrogen (secondary N) is 1. The minimum Gasteiger partial charge on any atom is -0.490 e. The van der Waals surface area contributed by atoms with Gasteiger partial charge < -0.3 is 10.1 Å². The van der Waals surface area contributed by atoms with Gasteiger partial charge in [0, 0.05) is 31.9 Å². The molecule has 0 radical (unpaired) electrons. The number of ether oxygens (including phenoxy) is 1. The van der Waals surface area contributed by atoms with Crippen LogP contribution in [0.15, 0.2) is 30.5 Å². The molecule has 0 amide bonds. The number of para-hydroxylation sites is 1. The molecule has 0 aliphatic heterocycles. The van der Waals surface area contributed by atoms with Gasteiger partial charge in [-0.15, -0.1) is 0 Å². The van der Waals surface area contributed by atoms with Crippen molar-refractivity contribution in [3.63, 3.8) is 0 Å². The molecular formula is C13H16N4O3. The van der Waals surface area contributed by atoms with Gasteiger partial charge in [0.05, 0.1) is 12.0 Å². The van der Waals surface area contributed by atoms with E-state index >= 15 is 0 Å². The van der Waals surface area contributed by atoms with E-state index in [2.05, 4.69) is 10.4 Å². The second-order valence-electron chi connectivity index (χ2n) is 4.24. The molecule has 20 heavy (non-hydrogen) atoms. The number of hydrogen-bond donors (Lipinski definition) is 1. The number of methoxy groups -OCH3 is 1. The molecule has 1 aromatic carbocycles. The average molecular weight is 276 g/mol. The summed E-state index contributed by atoms with van der Waals surface area (Å²) in [6.45, 7) is 0.577. The molecule has 0 aliphatic carbocycles. The van der Waals surface area contributed by atoms with E-state index in [0.29, 0.717) is 12.2 Å². The summed E-state index contributed by atoms with van der Waals surface area (Å²) < 4.78 is 6.80. The van der Waals surface area contributed by atoms with E-state index in [9.17, 15) is 10.1 Å². The molecule has 7 nitrogen and oxygen atoms in total. The topological polar surface area (TPSA) is 82.2 Å². The summed E-state index contributed by atoms with van der Waals surface area (Å²) in [5.41, 5.74) is 1.47. The van der Waals surface area contributed by atoms with Crippen LogP contribution in [0.5, 0.6) is 5.75 Å². The van der Waals surface area contributed by atoms with Crippen LogP contribution < -0.4 is 10.1 Å². The fraction of sp³-hybridized carbons (Fsp3) is 0.308. The molecular weight excluding hydrogens is 260 g/mol. The van der Waals surface area contributed by atoms with Crippen LogP contribution >= 0.6 is 0 Å². The second kappa shape index (κ2) is 6.05. The predicted octanol–water partition coefficient (Wildman–Crippen LogP) is 1.99. The Kier molecular flexibility index (Phi) is 4.19. The van der Waals surface area contributed by atoms with Gasteiger partial charge in [-0.05, 0) is 18.2 Å². The lowest BCUT2D eigenvalue weighted by atomic mass is 10.2. The van der Waals surface area contributed by atoms with E-state index in [1.54, 1.807) is 29.1 Å². The quantitative estimate of drug-likeness (QED) is 0.644. The molecule has 7 heteroatoms. The number of rotatable bonds is 6. The van der Waals surface area contributed by atoms with Crippen LogP contribution in [0.2, 0.25) is 0 Å². The molecule has 0 bridgehead atoms. The Balaban J connectivity index is 2.09. The van der Waals surface area contributed by atoms with Crippen molar-refractivity contribution in [2.24, 2.45) is 7.05 Å². The number of nitro benzene ring substituents is 1. The first-order chi connectivity index (χ1) is 9.63. The first kappa shape index (κ1) is 13.9. The molecule has 2 rings (SSSR count). The summed E-state index contributed by atoms with van der Waals surface area (Å²) >= 11 is 0. The van der Waals surface area contributed by atoms with Crippen LogP contribution in [0.3, 0.4) is 0 Å². The SMILES string of the molecule is COc1cccc(NCCc2ccnn2C)c1[N+](=O)[O-]. The Labute approximate surface area is 116 Å². The molecule has 0 saturated carbocycles. The van der Waals surface area contributed by atoms with E-state index in [-0.39, 0.29) is 11.4 Å². The summed E-state index contributed by atoms with van der Waals surface area (Å²) in [6, 6.07) is 6.88. The normalized spacial score (nSPS) is 10.3. The number of aryl methyl sites for hydroxylation is 1. The third-order valence-electron chi connectivity index (χ3n) is 3.02. The summed E-state index contributed by atoms with van der Waals surface area (Å²) in [7, 11) is 3.28. The Bertz CT molecular complexity index is 609. The van der Waals surface area contributed by atoms with Crippen molar-refractivity contribution >= 4 is 11.4 Å². The summed E-state index contributed by atoms with van der Waals surface area (Å²) in [5, 5.41) is 18.3. The number of anilines is 1. The van der Waals surface area contributed by atoms with Gasteiger partial charge in [0.1, 0.15) is 5.69 Å². The first-order valence-corrected chi connectivity index (χ1v) is 6.15. The van der Waals surface area contributed by atoms with Crippen molar-refractivity contribution in [1.29, 1.82) is 0 Å². The Morgan fingerprint density at radius 1 is 1.45 bits per heavy atom. The average Bonchev–Trinajstić information content (AvgIpc) is 2.84. The van der Waals surface area contributed by atoms with E-state index in [1.807, 2.05) is 13.1 Å². The van der Waals surface area contributed by atoms with Gasteiger partial charge in [-0.25, -0.2) is 0 Å². The molecule has 0 aliphatic rings. The molecule has 106 valence electrons. The summed E-state index contributed by atoms with van der Waals surface area (Å²) in [5.74, 6) is 0.250. The minimum absolute atomic E-state index is 0.0417. The van der Waals surface area contributed by atoms with Crippen LogP contribution in [-0.2, 0) is 13.5 Å². The lowest BCUT2D eigenvalue weighted by Crippen LogP contribution is -2.10. The van der Waals surface area contributed by atoms with Crippen molar-refractivity contribution in [3.05, 3.63) is 46.3 Å². The highest BCUT2D eigenvalue weighted by Gasteiger charge is 2.19. The predicted molar refractivity (Wildman–Crippen MR) is 75.1 cm³/mol. The zero-order valence-corrected chi connectivity index (χ0v) is 11.4. The Morgan fingerprint density at radius 3 is 2.85 bits per heavy atom. The minimum atomic E-state index is -0.439. The molecule has 0 spiro atoms. The molecule has 1 N–H and O–H groups in total. The fourth-order valence-corrected chi connectivity index (χ4v) is 1.99. The number of aromatic nitrogens is 2. The lowest BCUT2D eigenvalue weighted by molar-refractivity contribution is -0.384. The number of benzene rings is 1. The number of hydrogen-bond acceptors (Lipinski definition) is 5. The van der Waals surface area contributed by atoms with Crippen molar-refractivity contribution in [2.75, 3.05) is 19.0 Å². The lowest BCUT2D eigenvalue weighted by Gasteiger charge is -2.09. The molecule has 1 aromatic heterocycles. The van der Waals surface area contributed by atoms with E-state index in [0.717, 1.165) is 12.1 Å². The van der Waals surface area contributed by atoms with Crippen LogP contribution in [0.4, 0.5) is 11.4 Å². The largest absolute Gasteiger partial charge is 0.490 e. The summed E-state index contributed by atoms with van der Waals surface area (Å²) in [6.07, 6.45) is 2.45. The zero-order chi connectivity index (χ0) is 14.5. The van der Waals surface area contributed by atoms with Gasteiger partial charge in [-0.1, -0.05) is 6.07 Å². The highest BCUT2D eigenvalue weighted by atomic mass is 16.6. The maximum absolute atomic E-state index is 11.1. The van der Waals surface area contributed by atoms with E-state index in [4.69, 9.17) is 4.74 Å². The molecule has 0 unspecified atom stereocenters. The smallest absolute Gasteiger partial charge is 0.333 e. The van der Waals surface area contributed by atoms with Crippen LogP contribution in [0.1, 0.15) is 5.69 Å². The summed E-state index contributed by atoms with van der Waals surface area (Å²) in [4.78, 5) is 10.7. The molecule has 1 heterocycles. The molecule has 0 saturated heterocycles. The van der Waals surface area contributed by atoms with Crippen molar-refractivity contribution in [1.82, 2.24) is 9.78 Å². The van der Waals surface area contributed by atoms with E-state index < -0.39 is 4.92 Å². The Hall–Kier alpha value is -2.57. The van der Waals surface area contributed by atoms with Crippen LogP contribution in [-0.4, -0.2) is 28.4 Å². The van der Waals surface area contributed by atoms with Gasteiger partial charge in [0.15, 0.2) is 5.75 Å². The number of nitro groups is 1.